The summed E-state index contributed by atoms with van der Waals surface area (Å²) in [6.45, 7) is 2.15. The minimum Gasteiger partial charge on any atom is -0.369 e. The van der Waals surface area contributed by atoms with Crippen molar-refractivity contribution in [1.29, 1.82) is 0 Å². The molecule has 1 saturated carbocycles. The second-order valence-electron chi connectivity index (χ2n) is 8.21. The van der Waals surface area contributed by atoms with Crippen molar-refractivity contribution in [1.82, 2.24) is 19.9 Å². The summed E-state index contributed by atoms with van der Waals surface area (Å²) in [5.74, 6) is 1.88. The molecule has 4 rings (SSSR count). The van der Waals surface area contributed by atoms with Crippen LogP contribution in [0.1, 0.15) is 43.4 Å². The molecule has 2 aliphatic rings. The molecule has 0 saturated heterocycles. The molecule has 0 aliphatic heterocycles. The van der Waals surface area contributed by atoms with Gasteiger partial charge in [-0.2, -0.15) is 0 Å². The van der Waals surface area contributed by atoms with Gasteiger partial charge in [-0.25, -0.2) is 9.97 Å². The van der Waals surface area contributed by atoms with Crippen LogP contribution in [-0.4, -0.2) is 47.0 Å². The SMILES string of the molecule is CN(C)CC1(CNc2nc(-c3ccncc3)nc3c2CCC3)CCCC1. The molecule has 2 heterocycles. The lowest BCUT2D eigenvalue weighted by molar-refractivity contribution is 0.215. The van der Waals surface area contributed by atoms with E-state index in [4.69, 9.17) is 9.97 Å². The van der Waals surface area contributed by atoms with E-state index >= 15 is 0 Å². The molecule has 0 spiro atoms. The number of pyridine rings is 1. The van der Waals surface area contributed by atoms with Gasteiger partial charge in [0.05, 0.1) is 0 Å². The van der Waals surface area contributed by atoms with E-state index in [1.165, 1.54) is 43.4 Å². The smallest absolute Gasteiger partial charge is 0.161 e. The summed E-state index contributed by atoms with van der Waals surface area (Å²) in [7, 11) is 4.37. The minimum atomic E-state index is 0.372. The summed E-state index contributed by atoms with van der Waals surface area (Å²) in [6.07, 6.45) is 12.3. The Balaban J connectivity index is 1.60. The van der Waals surface area contributed by atoms with Crippen LogP contribution in [0.3, 0.4) is 0 Å². The Morgan fingerprint density at radius 3 is 2.54 bits per heavy atom. The summed E-state index contributed by atoms with van der Waals surface area (Å²) < 4.78 is 0. The third-order valence-electron chi connectivity index (χ3n) is 5.82. The zero-order chi connectivity index (χ0) is 18.0. The molecular formula is C21H29N5. The van der Waals surface area contributed by atoms with Crippen LogP contribution >= 0.6 is 0 Å². The van der Waals surface area contributed by atoms with E-state index in [9.17, 15) is 0 Å². The molecule has 0 atom stereocenters. The maximum atomic E-state index is 4.92. The van der Waals surface area contributed by atoms with Gasteiger partial charge in [0.2, 0.25) is 0 Å². The van der Waals surface area contributed by atoms with E-state index in [2.05, 4.69) is 29.3 Å². The van der Waals surface area contributed by atoms with Crippen molar-refractivity contribution in [2.24, 2.45) is 5.41 Å². The quantitative estimate of drug-likeness (QED) is 0.862. The normalized spacial score (nSPS) is 18.3. The number of fused-ring (bicyclic) bond motifs is 1. The van der Waals surface area contributed by atoms with Crippen LogP contribution < -0.4 is 5.32 Å². The molecule has 5 heteroatoms. The fourth-order valence-corrected chi connectivity index (χ4v) is 4.67. The van der Waals surface area contributed by atoms with Crippen molar-refractivity contribution >= 4 is 5.82 Å². The number of aryl methyl sites for hydroxylation is 1. The molecule has 1 N–H and O–H groups in total. The molecule has 2 aliphatic carbocycles. The first-order valence-corrected chi connectivity index (χ1v) is 9.84. The van der Waals surface area contributed by atoms with Gasteiger partial charge in [0, 0.05) is 47.7 Å². The lowest BCUT2D eigenvalue weighted by Crippen LogP contribution is -2.37. The number of anilines is 1. The summed E-state index contributed by atoms with van der Waals surface area (Å²) >= 11 is 0. The molecule has 138 valence electrons. The Hall–Kier alpha value is -2.01. The fraction of sp³-hybridized carbons (Fsp3) is 0.571. The summed E-state index contributed by atoms with van der Waals surface area (Å²) in [5, 5.41) is 3.75. The second kappa shape index (κ2) is 7.31. The van der Waals surface area contributed by atoms with E-state index in [0.29, 0.717) is 5.41 Å². The Morgan fingerprint density at radius 2 is 1.81 bits per heavy atom. The third kappa shape index (κ3) is 3.58. The van der Waals surface area contributed by atoms with E-state index < -0.39 is 0 Å². The zero-order valence-electron chi connectivity index (χ0n) is 16.0. The Bertz CT molecular complexity index is 750. The van der Waals surface area contributed by atoms with E-state index in [1.54, 1.807) is 0 Å². The van der Waals surface area contributed by atoms with Crippen LogP contribution in [0.5, 0.6) is 0 Å². The van der Waals surface area contributed by atoms with Crippen LogP contribution in [-0.2, 0) is 12.8 Å². The predicted molar refractivity (Wildman–Crippen MR) is 105 cm³/mol. The molecule has 0 unspecified atom stereocenters. The molecule has 0 aromatic carbocycles. The van der Waals surface area contributed by atoms with Crippen LogP contribution in [0.25, 0.3) is 11.4 Å². The Morgan fingerprint density at radius 1 is 1.04 bits per heavy atom. The first-order chi connectivity index (χ1) is 12.7. The van der Waals surface area contributed by atoms with Crippen LogP contribution in [0.4, 0.5) is 5.82 Å². The molecule has 0 amide bonds. The van der Waals surface area contributed by atoms with Crippen molar-refractivity contribution in [2.45, 2.75) is 44.9 Å². The first kappa shape index (κ1) is 17.4. The maximum absolute atomic E-state index is 4.92. The van der Waals surface area contributed by atoms with Gasteiger partial charge in [-0.05, 0) is 58.3 Å². The van der Waals surface area contributed by atoms with E-state index in [-0.39, 0.29) is 0 Å². The summed E-state index contributed by atoms with van der Waals surface area (Å²) in [6, 6.07) is 3.98. The number of nitrogens with one attached hydrogen (secondary N) is 1. The average Bonchev–Trinajstić information content (AvgIpc) is 3.29. The largest absolute Gasteiger partial charge is 0.369 e. The fourth-order valence-electron chi connectivity index (χ4n) is 4.67. The Labute approximate surface area is 156 Å². The van der Waals surface area contributed by atoms with Crippen molar-refractivity contribution in [3.63, 3.8) is 0 Å². The average molecular weight is 351 g/mol. The van der Waals surface area contributed by atoms with E-state index in [0.717, 1.165) is 43.1 Å². The number of nitrogens with zero attached hydrogens (tertiary/aromatic N) is 4. The highest BCUT2D eigenvalue weighted by atomic mass is 15.1. The molecule has 1 fully saturated rings. The standard InChI is InChI=1S/C21H29N5/c1-26(2)15-21(10-3-4-11-21)14-23-20-17-6-5-7-18(17)24-19(25-20)16-8-12-22-13-9-16/h8-9,12-13H,3-7,10-11,14-15H2,1-2H3,(H,23,24,25). The van der Waals surface area contributed by atoms with Crippen LogP contribution in [0.15, 0.2) is 24.5 Å². The van der Waals surface area contributed by atoms with Gasteiger partial charge in [-0.1, -0.05) is 12.8 Å². The topological polar surface area (TPSA) is 53.9 Å². The lowest BCUT2D eigenvalue weighted by Gasteiger charge is -2.32. The Kier molecular flexibility index (Phi) is 4.90. The number of hydrogen-bond acceptors (Lipinski definition) is 5. The number of aromatic nitrogens is 3. The van der Waals surface area contributed by atoms with Gasteiger partial charge in [0.15, 0.2) is 5.82 Å². The highest BCUT2D eigenvalue weighted by Crippen LogP contribution is 2.39. The molecule has 2 aromatic rings. The van der Waals surface area contributed by atoms with Crippen molar-refractivity contribution in [3.8, 4) is 11.4 Å². The van der Waals surface area contributed by atoms with Gasteiger partial charge < -0.3 is 10.2 Å². The predicted octanol–water partition coefficient (Wildman–Crippen LogP) is 3.56. The van der Waals surface area contributed by atoms with Gasteiger partial charge in [0.25, 0.3) is 0 Å². The number of rotatable bonds is 6. The summed E-state index contributed by atoms with van der Waals surface area (Å²) in [5.41, 5.74) is 3.97. The molecule has 5 nitrogen and oxygen atoms in total. The molecular weight excluding hydrogens is 322 g/mol. The second-order valence-corrected chi connectivity index (χ2v) is 8.21. The number of hydrogen-bond donors (Lipinski definition) is 1. The highest BCUT2D eigenvalue weighted by molar-refractivity contribution is 5.60. The molecule has 26 heavy (non-hydrogen) atoms. The van der Waals surface area contributed by atoms with Crippen molar-refractivity contribution < 1.29 is 0 Å². The van der Waals surface area contributed by atoms with Crippen molar-refractivity contribution in [3.05, 3.63) is 35.8 Å². The minimum absolute atomic E-state index is 0.372. The molecule has 0 bridgehead atoms. The highest BCUT2D eigenvalue weighted by Gasteiger charge is 2.34. The monoisotopic (exact) mass is 351 g/mol. The van der Waals surface area contributed by atoms with Gasteiger partial charge >= 0.3 is 0 Å². The third-order valence-corrected chi connectivity index (χ3v) is 5.82. The first-order valence-electron chi connectivity index (χ1n) is 9.84. The lowest BCUT2D eigenvalue weighted by atomic mass is 9.85. The molecule has 2 aromatic heterocycles. The van der Waals surface area contributed by atoms with Gasteiger partial charge in [-0.3, -0.25) is 4.98 Å². The van der Waals surface area contributed by atoms with Crippen molar-refractivity contribution in [2.75, 3.05) is 32.5 Å². The van der Waals surface area contributed by atoms with Gasteiger partial charge in [-0.15, -0.1) is 0 Å². The summed E-state index contributed by atoms with van der Waals surface area (Å²) in [4.78, 5) is 16.2. The van der Waals surface area contributed by atoms with Gasteiger partial charge in [0.1, 0.15) is 5.82 Å². The van der Waals surface area contributed by atoms with Crippen LogP contribution in [0, 0.1) is 5.41 Å². The molecule has 0 radical (unpaired) electrons. The van der Waals surface area contributed by atoms with E-state index in [1.807, 2.05) is 24.5 Å². The zero-order valence-corrected chi connectivity index (χ0v) is 16.0. The van der Waals surface area contributed by atoms with Crippen LogP contribution in [0.2, 0.25) is 0 Å². The maximum Gasteiger partial charge on any atom is 0.161 e.